The summed E-state index contributed by atoms with van der Waals surface area (Å²) in [6.07, 6.45) is 6.91. The van der Waals surface area contributed by atoms with Crippen LogP contribution in [0.5, 0.6) is 0 Å². The van der Waals surface area contributed by atoms with Gasteiger partial charge in [0.15, 0.2) is 0 Å². The van der Waals surface area contributed by atoms with Crippen molar-refractivity contribution in [3.05, 3.63) is 0 Å². The molecular weight excluding hydrogens is 268 g/mol. The van der Waals surface area contributed by atoms with E-state index >= 15 is 0 Å². The van der Waals surface area contributed by atoms with Crippen molar-refractivity contribution < 1.29 is 14.3 Å². The van der Waals surface area contributed by atoms with Crippen LogP contribution in [0.3, 0.4) is 0 Å². The summed E-state index contributed by atoms with van der Waals surface area (Å²) in [5.74, 6) is 0. The van der Waals surface area contributed by atoms with Crippen LogP contribution in [-0.2, 0) is 9.47 Å². The van der Waals surface area contributed by atoms with Gasteiger partial charge < -0.3 is 19.7 Å². The first kappa shape index (κ1) is 16.6. The zero-order chi connectivity index (χ0) is 15.1. The Balaban J connectivity index is 1.69. The van der Waals surface area contributed by atoms with E-state index in [0.717, 1.165) is 45.4 Å². The monoisotopic (exact) mass is 298 g/mol. The van der Waals surface area contributed by atoms with E-state index in [9.17, 15) is 4.79 Å². The van der Waals surface area contributed by atoms with Crippen molar-refractivity contribution in [3.8, 4) is 0 Å². The van der Waals surface area contributed by atoms with Gasteiger partial charge in [0.1, 0.15) is 0 Å². The molecule has 0 aromatic rings. The van der Waals surface area contributed by atoms with E-state index in [1.54, 1.807) is 0 Å². The highest BCUT2D eigenvalue weighted by atomic mass is 16.6. The van der Waals surface area contributed by atoms with Crippen molar-refractivity contribution in [2.45, 2.75) is 70.6 Å². The summed E-state index contributed by atoms with van der Waals surface area (Å²) < 4.78 is 10.9. The van der Waals surface area contributed by atoms with E-state index in [4.69, 9.17) is 9.47 Å². The van der Waals surface area contributed by atoms with Gasteiger partial charge in [-0.05, 0) is 39.0 Å². The lowest BCUT2D eigenvalue weighted by Gasteiger charge is -2.36. The highest BCUT2D eigenvalue weighted by Crippen LogP contribution is 2.20. The molecule has 0 aromatic heterocycles. The molecule has 5 nitrogen and oxygen atoms in total. The number of carbonyl (C=O) groups is 1. The van der Waals surface area contributed by atoms with Crippen LogP contribution in [0.15, 0.2) is 0 Å². The molecule has 1 amide bonds. The Hall–Kier alpha value is -0.810. The Bertz CT molecular complexity index is 315. The molecule has 0 radical (unpaired) electrons. The van der Waals surface area contributed by atoms with Crippen LogP contribution in [-0.4, -0.2) is 55.5 Å². The Labute approximate surface area is 128 Å². The third-order valence-electron chi connectivity index (χ3n) is 4.47. The fraction of sp³-hybridized carbons (Fsp3) is 0.938. The number of hydrogen-bond acceptors (Lipinski definition) is 4. The van der Waals surface area contributed by atoms with Crippen LogP contribution in [0.2, 0.25) is 0 Å². The Kier molecular flexibility index (Phi) is 6.77. The predicted molar refractivity (Wildman–Crippen MR) is 82.4 cm³/mol. The van der Waals surface area contributed by atoms with Gasteiger partial charge in [0, 0.05) is 31.8 Å². The average molecular weight is 298 g/mol. The Morgan fingerprint density at radius 3 is 2.67 bits per heavy atom. The van der Waals surface area contributed by atoms with E-state index in [1.807, 2.05) is 11.8 Å². The standard InChI is InChI=1S/C16H30N2O3/c1-3-5-15-12-14(8-11-21-15)17-13-6-9-18(10-7-13)16(19)20-4-2/h13-15,17H,3-12H2,1-2H3. The highest BCUT2D eigenvalue weighted by Gasteiger charge is 2.27. The molecule has 2 unspecified atom stereocenters. The van der Waals surface area contributed by atoms with Crippen molar-refractivity contribution in [2.75, 3.05) is 26.3 Å². The van der Waals surface area contributed by atoms with E-state index < -0.39 is 0 Å². The summed E-state index contributed by atoms with van der Waals surface area (Å²) in [6.45, 7) is 7.01. The van der Waals surface area contributed by atoms with E-state index in [-0.39, 0.29) is 6.09 Å². The second-order valence-corrected chi connectivity index (χ2v) is 6.13. The van der Waals surface area contributed by atoms with Crippen LogP contribution in [0.1, 0.15) is 52.4 Å². The van der Waals surface area contributed by atoms with Gasteiger partial charge in [-0.25, -0.2) is 4.79 Å². The summed E-state index contributed by atoms with van der Waals surface area (Å²) in [5.41, 5.74) is 0. The molecule has 2 atom stereocenters. The van der Waals surface area contributed by atoms with Crippen LogP contribution in [0, 0.1) is 0 Å². The minimum Gasteiger partial charge on any atom is -0.450 e. The SMILES string of the molecule is CCCC1CC(NC2CCN(C(=O)OCC)CC2)CCO1. The van der Waals surface area contributed by atoms with E-state index in [1.165, 1.54) is 12.8 Å². The molecule has 2 rings (SSSR count). The summed E-state index contributed by atoms with van der Waals surface area (Å²) in [4.78, 5) is 13.5. The average Bonchev–Trinajstić information content (AvgIpc) is 2.49. The van der Waals surface area contributed by atoms with Gasteiger partial charge in [0.2, 0.25) is 0 Å². The maximum Gasteiger partial charge on any atom is 0.409 e. The molecule has 0 aromatic carbocycles. The second kappa shape index (κ2) is 8.59. The molecule has 2 aliphatic heterocycles. The maximum atomic E-state index is 11.7. The Morgan fingerprint density at radius 1 is 1.24 bits per heavy atom. The van der Waals surface area contributed by atoms with Gasteiger partial charge in [-0.3, -0.25) is 0 Å². The topological polar surface area (TPSA) is 50.8 Å². The molecule has 2 fully saturated rings. The number of nitrogens with one attached hydrogen (secondary N) is 1. The van der Waals surface area contributed by atoms with Crippen molar-refractivity contribution in [1.29, 1.82) is 0 Å². The van der Waals surface area contributed by atoms with Crippen LogP contribution in [0.25, 0.3) is 0 Å². The first-order valence-corrected chi connectivity index (χ1v) is 8.52. The number of likely N-dealkylation sites (tertiary alicyclic amines) is 1. The van der Waals surface area contributed by atoms with Crippen molar-refractivity contribution in [1.82, 2.24) is 10.2 Å². The predicted octanol–water partition coefficient (Wildman–Crippen LogP) is 2.54. The zero-order valence-electron chi connectivity index (χ0n) is 13.5. The number of amides is 1. The number of nitrogens with zero attached hydrogens (tertiary/aromatic N) is 1. The first-order chi connectivity index (χ1) is 10.2. The van der Waals surface area contributed by atoms with Crippen LogP contribution >= 0.6 is 0 Å². The molecule has 122 valence electrons. The molecule has 0 saturated carbocycles. The zero-order valence-corrected chi connectivity index (χ0v) is 13.5. The quantitative estimate of drug-likeness (QED) is 0.847. The summed E-state index contributed by atoms with van der Waals surface area (Å²) in [7, 11) is 0. The van der Waals surface area contributed by atoms with Crippen molar-refractivity contribution >= 4 is 6.09 Å². The fourth-order valence-corrected chi connectivity index (χ4v) is 3.33. The maximum absolute atomic E-state index is 11.7. The number of carbonyl (C=O) groups excluding carboxylic acids is 1. The molecule has 0 spiro atoms. The summed E-state index contributed by atoms with van der Waals surface area (Å²) >= 11 is 0. The van der Waals surface area contributed by atoms with Gasteiger partial charge >= 0.3 is 6.09 Å². The third-order valence-corrected chi connectivity index (χ3v) is 4.47. The molecular formula is C16H30N2O3. The first-order valence-electron chi connectivity index (χ1n) is 8.52. The number of piperidine rings is 1. The van der Waals surface area contributed by atoms with Crippen LogP contribution < -0.4 is 5.32 Å². The lowest BCUT2D eigenvalue weighted by Crippen LogP contribution is -2.50. The minimum atomic E-state index is -0.162. The molecule has 21 heavy (non-hydrogen) atoms. The minimum absolute atomic E-state index is 0.162. The summed E-state index contributed by atoms with van der Waals surface area (Å²) in [5, 5.41) is 3.78. The van der Waals surface area contributed by atoms with Crippen LogP contribution in [0.4, 0.5) is 4.79 Å². The number of ether oxygens (including phenoxy) is 2. The molecule has 2 heterocycles. The normalized spacial score (nSPS) is 27.6. The lowest BCUT2D eigenvalue weighted by molar-refractivity contribution is -0.00641. The van der Waals surface area contributed by atoms with Crippen molar-refractivity contribution in [2.24, 2.45) is 0 Å². The van der Waals surface area contributed by atoms with E-state index in [0.29, 0.717) is 24.8 Å². The van der Waals surface area contributed by atoms with Gasteiger partial charge in [0.25, 0.3) is 0 Å². The largest absolute Gasteiger partial charge is 0.450 e. The van der Waals surface area contributed by atoms with Gasteiger partial charge in [-0.15, -0.1) is 0 Å². The van der Waals surface area contributed by atoms with Gasteiger partial charge in [-0.2, -0.15) is 0 Å². The summed E-state index contributed by atoms with van der Waals surface area (Å²) in [6, 6.07) is 1.11. The molecule has 0 bridgehead atoms. The lowest BCUT2D eigenvalue weighted by atomic mass is 9.97. The number of hydrogen-bond donors (Lipinski definition) is 1. The molecule has 5 heteroatoms. The van der Waals surface area contributed by atoms with Gasteiger partial charge in [0.05, 0.1) is 12.7 Å². The fourth-order valence-electron chi connectivity index (χ4n) is 3.33. The van der Waals surface area contributed by atoms with E-state index in [2.05, 4.69) is 12.2 Å². The third kappa shape index (κ3) is 5.15. The Morgan fingerprint density at radius 2 is 2.00 bits per heavy atom. The molecule has 0 aliphatic carbocycles. The van der Waals surface area contributed by atoms with Gasteiger partial charge in [-0.1, -0.05) is 13.3 Å². The smallest absolute Gasteiger partial charge is 0.409 e. The number of rotatable bonds is 5. The highest BCUT2D eigenvalue weighted by molar-refractivity contribution is 5.67. The van der Waals surface area contributed by atoms with Crippen molar-refractivity contribution in [3.63, 3.8) is 0 Å². The molecule has 1 N–H and O–H groups in total. The molecule has 2 saturated heterocycles. The second-order valence-electron chi connectivity index (χ2n) is 6.13. The molecule has 2 aliphatic rings.